The minimum absolute atomic E-state index is 0.00155. The first kappa shape index (κ1) is 16.3. The van der Waals surface area contributed by atoms with Crippen LogP contribution in [0.5, 0.6) is 0 Å². The number of amides is 1. The molecule has 2 aromatic rings. The van der Waals surface area contributed by atoms with E-state index in [-0.39, 0.29) is 19.1 Å². The van der Waals surface area contributed by atoms with E-state index in [0.717, 1.165) is 23.1 Å². The zero-order valence-corrected chi connectivity index (χ0v) is 12.5. The molecular weight excluding hydrogens is 300 g/mol. The van der Waals surface area contributed by atoms with Crippen LogP contribution in [0.4, 0.5) is 0 Å². The second kappa shape index (κ2) is 7.79. The number of benzene rings is 1. The minimum atomic E-state index is -0.684. The quantitative estimate of drug-likeness (QED) is 0.474. The predicted molar refractivity (Wildman–Crippen MR) is 82.7 cm³/mol. The Balaban J connectivity index is 1.78. The van der Waals surface area contributed by atoms with Gasteiger partial charge in [-0.25, -0.2) is 9.59 Å². The maximum absolute atomic E-state index is 12.1. The van der Waals surface area contributed by atoms with Gasteiger partial charge in [0, 0.05) is 29.3 Å². The summed E-state index contributed by atoms with van der Waals surface area (Å²) in [6.45, 7) is 0.161. The number of H-pyrrole nitrogens is 1. The number of aromatic amines is 1. The van der Waals surface area contributed by atoms with Gasteiger partial charge in [0.15, 0.2) is 0 Å². The lowest BCUT2D eigenvalue weighted by molar-refractivity contribution is -0.139. The van der Waals surface area contributed by atoms with Crippen LogP contribution in [0.3, 0.4) is 0 Å². The fraction of sp³-hybridized carbons (Fsp3) is 0.188. The van der Waals surface area contributed by atoms with E-state index in [0.29, 0.717) is 5.56 Å². The fourth-order valence-electron chi connectivity index (χ4n) is 1.92. The second-order valence-corrected chi connectivity index (χ2v) is 4.53. The highest BCUT2D eigenvalue weighted by Crippen LogP contribution is 2.17. The lowest BCUT2D eigenvalue weighted by Gasteiger charge is -2.04. The molecular formula is C16H16N2O5. The number of carbonyl (C=O) groups excluding carboxylic acids is 3. The maximum Gasteiger partial charge on any atom is 0.331 e. The van der Waals surface area contributed by atoms with Gasteiger partial charge in [-0.2, -0.15) is 0 Å². The van der Waals surface area contributed by atoms with Crippen molar-refractivity contribution in [1.29, 1.82) is 0 Å². The first-order chi connectivity index (χ1) is 11.1. The van der Waals surface area contributed by atoms with Crippen molar-refractivity contribution in [1.82, 2.24) is 10.3 Å². The molecule has 23 heavy (non-hydrogen) atoms. The Labute approximate surface area is 132 Å². The average molecular weight is 316 g/mol. The van der Waals surface area contributed by atoms with Crippen molar-refractivity contribution in [2.45, 2.75) is 0 Å². The van der Waals surface area contributed by atoms with Gasteiger partial charge in [0.05, 0.1) is 19.2 Å². The Morgan fingerprint density at radius 3 is 2.70 bits per heavy atom. The minimum Gasteiger partial charge on any atom is -0.466 e. The summed E-state index contributed by atoms with van der Waals surface area (Å²) in [5, 5.41) is 3.48. The van der Waals surface area contributed by atoms with Crippen molar-refractivity contribution in [2.24, 2.45) is 0 Å². The summed E-state index contributed by atoms with van der Waals surface area (Å²) >= 11 is 0. The van der Waals surface area contributed by atoms with Gasteiger partial charge in [-0.1, -0.05) is 18.2 Å². The number of nitrogens with one attached hydrogen (secondary N) is 2. The summed E-state index contributed by atoms with van der Waals surface area (Å²) in [7, 11) is 1.21. The Morgan fingerprint density at radius 2 is 1.91 bits per heavy atom. The van der Waals surface area contributed by atoms with Crippen LogP contribution in [0.25, 0.3) is 10.9 Å². The highest BCUT2D eigenvalue weighted by Gasteiger charge is 2.11. The highest BCUT2D eigenvalue weighted by molar-refractivity contribution is 6.06. The van der Waals surface area contributed by atoms with Gasteiger partial charge in [-0.3, -0.25) is 4.79 Å². The van der Waals surface area contributed by atoms with E-state index >= 15 is 0 Å². The van der Waals surface area contributed by atoms with Crippen molar-refractivity contribution in [3.8, 4) is 0 Å². The summed E-state index contributed by atoms with van der Waals surface area (Å²) in [6, 6.07) is 7.45. The first-order valence-electron chi connectivity index (χ1n) is 6.89. The molecule has 1 aromatic carbocycles. The van der Waals surface area contributed by atoms with E-state index in [2.05, 4.69) is 15.0 Å². The van der Waals surface area contributed by atoms with Crippen LogP contribution in [0, 0.1) is 0 Å². The van der Waals surface area contributed by atoms with Crippen LogP contribution >= 0.6 is 0 Å². The summed E-state index contributed by atoms with van der Waals surface area (Å²) in [5.41, 5.74) is 1.40. The van der Waals surface area contributed by atoms with Crippen molar-refractivity contribution in [3.63, 3.8) is 0 Å². The Hall–Kier alpha value is -3.09. The van der Waals surface area contributed by atoms with Crippen LogP contribution in [-0.2, 0) is 19.1 Å². The molecule has 0 aliphatic heterocycles. The molecule has 0 fully saturated rings. The van der Waals surface area contributed by atoms with E-state index in [4.69, 9.17) is 4.74 Å². The monoisotopic (exact) mass is 316 g/mol. The summed E-state index contributed by atoms with van der Waals surface area (Å²) in [6.07, 6.45) is 3.56. The number of ether oxygens (including phenoxy) is 2. The van der Waals surface area contributed by atoms with Crippen molar-refractivity contribution in [3.05, 3.63) is 48.2 Å². The SMILES string of the molecule is COC(=O)/C=C/C(=O)OCCNC(=O)c1c[nH]c2ccccc12. The molecule has 0 aliphatic rings. The van der Waals surface area contributed by atoms with Crippen LogP contribution in [-0.4, -0.2) is 43.1 Å². The molecule has 0 saturated carbocycles. The second-order valence-electron chi connectivity index (χ2n) is 4.53. The molecule has 0 aliphatic carbocycles. The Kier molecular flexibility index (Phi) is 5.51. The first-order valence-corrected chi connectivity index (χ1v) is 6.89. The number of aromatic nitrogens is 1. The molecule has 1 amide bonds. The van der Waals surface area contributed by atoms with Gasteiger partial charge in [0.25, 0.3) is 5.91 Å². The van der Waals surface area contributed by atoms with Gasteiger partial charge in [0.2, 0.25) is 0 Å². The number of carbonyl (C=O) groups is 3. The van der Waals surface area contributed by atoms with Gasteiger partial charge in [-0.05, 0) is 6.07 Å². The number of rotatable bonds is 6. The third-order valence-corrected chi connectivity index (χ3v) is 3.02. The predicted octanol–water partition coefficient (Wildman–Crippen LogP) is 1.17. The summed E-state index contributed by atoms with van der Waals surface area (Å²) < 4.78 is 9.18. The Bertz CT molecular complexity index is 748. The highest BCUT2D eigenvalue weighted by atomic mass is 16.5. The van der Waals surface area contributed by atoms with Crippen LogP contribution < -0.4 is 5.32 Å². The molecule has 0 saturated heterocycles. The van der Waals surface area contributed by atoms with E-state index in [1.807, 2.05) is 24.3 Å². The van der Waals surface area contributed by atoms with Gasteiger partial charge < -0.3 is 19.8 Å². The molecule has 120 valence electrons. The van der Waals surface area contributed by atoms with E-state index < -0.39 is 11.9 Å². The number of esters is 2. The normalized spacial score (nSPS) is 10.7. The number of fused-ring (bicyclic) bond motifs is 1. The summed E-state index contributed by atoms with van der Waals surface area (Å²) in [4.78, 5) is 37.2. The summed E-state index contributed by atoms with van der Waals surface area (Å²) in [5.74, 6) is -1.59. The number of hydrogen-bond acceptors (Lipinski definition) is 5. The smallest absolute Gasteiger partial charge is 0.331 e. The fourth-order valence-corrected chi connectivity index (χ4v) is 1.92. The molecule has 2 N–H and O–H groups in total. The third kappa shape index (κ3) is 4.44. The molecule has 7 nitrogen and oxygen atoms in total. The lowest BCUT2D eigenvalue weighted by atomic mass is 10.1. The molecule has 0 radical (unpaired) electrons. The maximum atomic E-state index is 12.1. The Morgan fingerprint density at radius 1 is 1.17 bits per heavy atom. The molecule has 0 spiro atoms. The molecule has 7 heteroatoms. The van der Waals surface area contributed by atoms with Crippen molar-refractivity contribution >= 4 is 28.7 Å². The standard InChI is InChI=1S/C16H16N2O5/c1-22-14(19)6-7-15(20)23-9-8-17-16(21)12-10-18-13-5-3-2-4-11(12)13/h2-7,10,18H,8-9H2,1H3,(H,17,21)/b7-6+. The van der Waals surface area contributed by atoms with Crippen LogP contribution in [0.1, 0.15) is 10.4 Å². The van der Waals surface area contributed by atoms with Crippen LogP contribution in [0.2, 0.25) is 0 Å². The molecule has 2 rings (SSSR count). The molecule has 0 atom stereocenters. The molecule has 0 unspecified atom stereocenters. The van der Waals surface area contributed by atoms with Gasteiger partial charge >= 0.3 is 11.9 Å². The third-order valence-electron chi connectivity index (χ3n) is 3.02. The van der Waals surface area contributed by atoms with E-state index in [9.17, 15) is 14.4 Å². The van der Waals surface area contributed by atoms with E-state index in [1.165, 1.54) is 7.11 Å². The number of hydrogen-bond donors (Lipinski definition) is 2. The lowest BCUT2D eigenvalue weighted by Crippen LogP contribution is -2.27. The van der Waals surface area contributed by atoms with Crippen LogP contribution in [0.15, 0.2) is 42.6 Å². The van der Waals surface area contributed by atoms with E-state index in [1.54, 1.807) is 6.20 Å². The number of methoxy groups -OCH3 is 1. The van der Waals surface area contributed by atoms with Gasteiger partial charge in [-0.15, -0.1) is 0 Å². The topological polar surface area (TPSA) is 97.5 Å². The zero-order valence-electron chi connectivity index (χ0n) is 12.5. The number of para-hydroxylation sites is 1. The van der Waals surface area contributed by atoms with Crippen molar-refractivity contribution < 1.29 is 23.9 Å². The zero-order chi connectivity index (χ0) is 16.7. The van der Waals surface area contributed by atoms with Crippen molar-refractivity contribution in [2.75, 3.05) is 20.3 Å². The van der Waals surface area contributed by atoms with Gasteiger partial charge in [0.1, 0.15) is 6.61 Å². The molecule has 1 heterocycles. The molecule has 0 bridgehead atoms. The largest absolute Gasteiger partial charge is 0.466 e. The molecule has 1 aromatic heterocycles. The average Bonchev–Trinajstić information content (AvgIpc) is 3.00.